The average Bonchev–Trinajstić information content (AvgIpc) is 3.64. The number of carbonyl (C=O) groups excluding carboxylic acids is 1. The van der Waals surface area contributed by atoms with Crippen LogP contribution in [0.3, 0.4) is 0 Å². The molecule has 1 unspecified atom stereocenters. The van der Waals surface area contributed by atoms with Crippen molar-refractivity contribution in [1.82, 2.24) is 29.3 Å². The first-order valence-electron chi connectivity index (χ1n) is 13.0. The second-order valence-electron chi connectivity index (χ2n) is 9.75. The topological polar surface area (TPSA) is 105 Å². The largest absolute Gasteiger partial charge is 0.367 e. The van der Waals surface area contributed by atoms with Crippen LogP contribution in [0.1, 0.15) is 17.2 Å². The molecule has 10 nitrogen and oxygen atoms in total. The van der Waals surface area contributed by atoms with Gasteiger partial charge in [0.05, 0.1) is 23.5 Å². The molecule has 0 aliphatic carbocycles. The predicted molar refractivity (Wildman–Crippen MR) is 150 cm³/mol. The van der Waals surface area contributed by atoms with Crippen LogP contribution in [-0.4, -0.2) is 68.5 Å². The molecule has 1 amide bonds. The van der Waals surface area contributed by atoms with E-state index in [9.17, 15) is 10.1 Å². The summed E-state index contributed by atoms with van der Waals surface area (Å²) in [5, 5.41) is 18.4. The van der Waals surface area contributed by atoms with E-state index in [0.717, 1.165) is 39.2 Å². The van der Waals surface area contributed by atoms with Crippen LogP contribution in [0.4, 0.5) is 5.82 Å². The first kappa shape index (κ1) is 25.3. The molecule has 200 valence electrons. The van der Waals surface area contributed by atoms with Gasteiger partial charge in [-0.25, -0.2) is 9.50 Å². The fourth-order valence-corrected chi connectivity index (χ4v) is 5.21. The van der Waals surface area contributed by atoms with Gasteiger partial charge < -0.3 is 14.5 Å². The first-order chi connectivity index (χ1) is 19.6. The number of aryl methyl sites for hydroxylation is 1. The van der Waals surface area contributed by atoms with Crippen molar-refractivity contribution >= 4 is 17.2 Å². The predicted octanol–water partition coefficient (Wildman–Crippen LogP) is 3.70. The van der Waals surface area contributed by atoms with Crippen molar-refractivity contribution in [2.45, 2.75) is 6.10 Å². The van der Waals surface area contributed by atoms with E-state index in [1.165, 1.54) is 0 Å². The number of methoxy groups -OCH3 is 1. The molecule has 6 rings (SSSR count). The van der Waals surface area contributed by atoms with E-state index in [-0.39, 0.29) is 5.91 Å². The van der Waals surface area contributed by atoms with E-state index in [4.69, 9.17) is 9.72 Å². The summed E-state index contributed by atoms with van der Waals surface area (Å²) in [4.78, 5) is 22.0. The Morgan fingerprint density at radius 2 is 1.75 bits per heavy atom. The number of fused-ring (bicyclic) bond motifs is 1. The standard InChI is InChI=1S/C30H28N8O2/c1-35-19-25(18-33-35)23-14-26(28-24(15-31)17-34-38(28)20-23)22-8-9-27(32-16-22)36-10-12-37(13-11-36)30(39)29(40-2)21-6-4-3-5-7-21/h3-9,14,16-20,29H,10-13H2,1-2H3. The van der Waals surface area contributed by atoms with Crippen LogP contribution in [0.25, 0.3) is 27.8 Å². The number of rotatable bonds is 6. The van der Waals surface area contributed by atoms with Gasteiger partial charge in [-0.2, -0.15) is 15.5 Å². The van der Waals surface area contributed by atoms with E-state index in [1.807, 2.05) is 73.0 Å². The molecule has 0 radical (unpaired) electrons. The minimum absolute atomic E-state index is 0.0247. The van der Waals surface area contributed by atoms with Gasteiger partial charge in [-0.05, 0) is 23.8 Å². The number of pyridine rings is 2. The minimum atomic E-state index is -0.605. The van der Waals surface area contributed by atoms with Crippen molar-refractivity contribution in [3.63, 3.8) is 0 Å². The number of hydrogen-bond acceptors (Lipinski definition) is 7. The van der Waals surface area contributed by atoms with Crippen LogP contribution in [0.5, 0.6) is 0 Å². The molecule has 1 aromatic carbocycles. The zero-order chi connectivity index (χ0) is 27.6. The maximum absolute atomic E-state index is 13.2. The second-order valence-corrected chi connectivity index (χ2v) is 9.75. The summed E-state index contributed by atoms with van der Waals surface area (Å²) in [6.07, 6.45) is 8.47. The van der Waals surface area contributed by atoms with Crippen molar-refractivity contribution in [2.75, 3.05) is 38.2 Å². The summed E-state index contributed by atoms with van der Waals surface area (Å²) in [6, 6.07) is 17.9. The summed E-state index contributed by atoms with van der Waals surface area (Å²) < 4.78 is 9.04. The maximum atomic E-state index is 13.2. The molecule has 5 aromatic rings. The molecular formula is C30H28N8O2. The van der Waals surface area contributed by atoms with Gasteiger partial charge in [0.2, 0.25) is 0 Å². The summed E-state index contributed by atoms with van der Waals surface area (Å²) in [5.74, 6) is 0.818. The number of nitrogens with zero attached hydrogens (tertiary/aromatic N) is 8. The van der Waals surface area contributed by atoms with Gasteiger partial charge in [0.25, 0.3) is 5.91 Å². The Kier molecular flexibility index (Phi) is 6.72. The number of nitriles is 1. The number of hydrogen-bond donors (Lipinski definition) is 0. The van der Waals surface area contributed by atoms with Crippen LogP contribution in [0.15, 0.2) is 79.5 Å². The fourth-order valence-electron chi connectivity index (χ4n) is 5.21. The fraction of sp³-hybridized carbons (Fsp3) is 0.233. The molecule has 4 aromatic heterocycles. The van der Waals surface area contributed by atoms with Crippen LogP contribution in [0.2, 0.25) is 0 Å². The Bertz CT molecular complexity index is 1690. The van der Waals surface area contributed by atoms with E-state index < -0.39 is 6.10 Å². The molecule has 1 fully saturated rings. The van der Waals surface area contributed by atoms with Crippen LogP contribution >= 0.6 is 0 Å². The molecular weight excluding hydrogens is 504 g/mol. The molecule has 1 saturated heterocycles. The molecule has 0 N–H and O–H groups in total. The second kappa shape index (κ2) is 10.6. The third kappa shape index (κ3) is 4.67. The van der Waals surface area contributed by atoms with Crippen LogP contribution in [0, 0.1) is 11.3 Å². The lowest BCUT2D eigenvalue weighted by Gasteiger charge is -2.36. The number of amides is 1. The van der Waals surface area contributed by atoms with Gasteiger partial charge in [-0.1, -0.05) is 30.3 Å². The quantitative estimate of drug-likeness (QED) is 0.328. The lowest BCUT2D eigenvalue weighted by molar-refractivity contribution is -0.142. The highest BCUT2D eigenvalue weighted by atomic mass is 16.5. The molecule has 0 bridgehead atoms. The van der Waals surface area contributed by atoms with Crippen LogP contribution < -0.4 is 4.90 Å². The van der Waals surface area contributed by atoms with E-state index in [2.05, 4.69) is 27.2 Å². The Labute approximate surface area is 231 Å². The molecule has 1 atom stereocenters. The number of carbonyl (C=O) groups is 1. The highest BCUT2D eigenvalue weighted by Crippen LogP contribution is 2.32. The Hall–Kier alpha value is -5.01. The highest BCUT2D eigenvalue weighted by Gasteiger charge is 2.29. The van der Waals surface area contributed by atoms with Crippen molar-refractivity contribution in [2.24, 2.45) is 7.05 Å². The lowest BCUT2D eigenvalue weighted by atomic mass is 10.0. The molecule has 40 heavy (non-hydrogen) atoms. The maximum Gasteiger partial charge on any atom is 0.256 e. The summed E-state index contributed by atoms with van der Waals surface area (Å²) >= 11 is 0. The van der Waals surface area contributed by atoms with Crippen molar-refractivity contribution in [1.29, 1.82) is 5.26 Å². The summed E-state index contributed by atoms with van der Waals surface area (Å²) in [6.45, 7) is 2.52. The van der Waals surface area contributed by atoms with Gasteiger partial charge in [-0.15, -0.1) is 0 Å². The van der Waals surface area contributed by atoms with Gasteiger partial charge in [0.15, 0.2) is 6.10 Å². The Balaban J connectivity index is 1.22. The number of benzene rings is 1. The zero-order valence-corrected chi connectivity index (χ0v) is 22.3. The smallest absolute Gasteiger partial charge is 0.256 e. The van der Waals surface area contributed by atoms with E-state index in [1.54, 1.807) is 28.7 Å². The number of piperazine rings is 1. The average molecular weight is 533 g/mol. The molecule has 5 heterocycles. The van der Waals surface area contributed by atoms with Crippen LogP contribution in [-0.2, 0) is 16.6 Å². The van der Waals surface area contributed by atoms with Gasteiger partial charge in [0, 0.05) is 81.2 Å². The monoisotopic (exact) mass is 532 g/mol. The van der Waals surface area contributed by atoms with Gasteiger partial charge in [-0.3, -0.25) is 9.48 Å². The summed E-state index contributed by atoms with van der Waals surface area (Å²) in [7, 11) is 3.45. The molecule has 1 aliphatic heterocycles. The van der Waals surface area contributed by atoms with Crippen molar-refractivity contribution in [3.05, 3.63) is 90.6 Å². The normalized spacial score (nSPS) is 14.3. The van der Waals surface area contributed by atoms with Crippen molar-refractivity contribution < 1.29 is 9.53 Å². The number of ether oxygens (including phenoxy) is 1. The van der Waals surface area contributed by atoms with Crippen molar-refractivity contribution in [3.8, 4) is 28.3 Å². The first-order valence-corrected chi connectivity index (χ1v) is 13.0. The molecule has 0 spiro atoms. The molecule has 1 aliphatic rings. The zero-order valence-electron chi connectivity index (χ0n) is 22.3. The Morgan fingerprint density at radius 3 is 2.40 bits per heavy atom. The van der Waals surface area contributed by atoms with E-state index in [0.29, 0.717) is 31.7 Å². The van der Waals surface area contributed by atoms with Gasteiger partial charge in [0.1, 0.15) is 11.9 Å². The minimum Gasteiger partial charge on any atom is -0.367 e. The number of aromatic nitrogens is 5. The van der Waals surface area contributed by atoms with E-state index >= 15 is 0 Å². The molecule has 0 saturated carbocycles. The third-order valence-electron chi connectivity index (χ3n) is 7.31. The lowest BCUT2D eigenvalue weighted by Crippen LogP contribution is -2.50. The number of anilines is 1. The third-order valence-corrected chi connectivity index (χ3v) is 7.31. The Morgan fingerprint density at radius 1 is 0.950 bits per heavy atom. The highest BCUT2D eigenvalue weighted by molar-refractivity contribution is 5.87. The molecule has 10 heteroatoms. The van der Waals surface area contributed by atoms with Gasteiger partial charge >= 0.3 is 0 Å². The summed E-state index contributed by atoms with van der Waals surface area (Å²) in [5.41, 5.74) is 5.75. The SMILES string of the molecule is COC(C(=O)N1CCN(c2ccc(-c3cc(-c4cnn(C)c4)cn4ncc(C#N)c34)cn2)CC1)c1ccccc1.